The van der Waals surface area contributed by atoms with Crippen LogP contribution in [0.1, 0.15) is 19.3 Å². The molecule has 0 bridgehead atoms. The van der Waals surface area contributed by atoms with E-state index in [0.717, 1.165) is 6.61 Å². The highest BCUT2D eigenvalue weighted by atomic mass is 16.5. The second-order valence-electron chi connectivity index (χ2n) is 3.98. The van der Waals surface area contributed by atoms with Gasteiger partial charge in [-0.25, -0.2) is 4.98 Å². The summed E-state index contributed by atoms with van der Waals surface area (Å²) < 4.78 is 5.60. The predicted octanol–water partition coefficient (Wildman–Crippen LogP) is 1.34. The Hall–Kier alpha value is -1.16. The first-order valence-electron chi connectivity index (χ1n) is 5.45. The molecule has 2 heterocycles. The van der Waals surface area contributed by atoms with Crippen LogP contribution in [-0.4, -0.2) is 41.1 Å². The van der Waals surface area contributed by atoms with Crippen molar-refractivity contribution >= 4 is 0 Å². The second-order valence-corrected chi connectivity index (χ2v) is 3.98. The largest absolute Gasteiger partial charge is 0.475 e. The van der Waals surface area contributed by atoms with Crippen molar-refractivity contribution in [2.45, 2.75) is 25.3 Å². The van der Waals surface area contributed by atoms with Crippen molar-refractivity contribution in [3.63, 3.8) is 0 Å². The number of hydrogen-bond donors (Lipinski definition) is 0. The lowest BCUT2D eigenvalue weighted by atomic mass is 10.0. The molecule has 1 aromatic rings. The maximum atomic E-state index is 5.60. The average Bonchev–Trinajstić information content (AvgIpc) is 2.29. The second kappa shape index (κ2) is 5.07. The summed E-state index contributed by atoms with van der Waals surface area (Å²) in [5, 5.41) is 0. The van der Waals surface area contributed by atoms with E-state index in [1.807, 2.05) is 0 Å². The number of piperidine rings is 1. The van der Waals surface area contributed by atoms with Gasteiger partial charge in [0.25, 0.3) is 0 Å². The van der Waals surface area contributed by atoms with Crippen LogP contribution in [0, 0.1) is 0 Å². The number of likely N-dealkylation sites (N-methyl/N-ethyl adjacent to an activating group) is 1. The molecule has 82 valence electrons. The van der Waals surface area contributed by atoms with Crippen LogP contribution in [0.5, 0.6) is 5.88 Å². The molecule has 1 aliphatic heterocycles. The molecule has 1 aliphatic rings. The summed E-state index contributed by atoms with van der Waals surface area (Å²) in [5.41, 5.74) is 0. The number of hydrogen-bond acceptors (Lipinski definition) is 4. The van der Waals surface area contributed by atoms with E-state index in [2.05, 4.69) is 21.9 Å². The van der Waals surface area contributed by atoms with Gasteiger partial charge in [-0.15, -0.1) is 0 Å². The summed E-state index contributed by atoms with van der Waals surface area (Å²) in [5.74, 6) is 0.622. The molecule has 15 heavy (non-hydrogen) atoms. The maximum Gasteiger partial charge on any atom is 0.232 e. The molecule has 0 amide bonds. The van der Waals surface area contributed by atoms with E-state index in [1.165, 1.54) is 25.8 Å². The highest BCUT2D eigenvalue weighted by molar-refractivity contribution is 5.01. The summed E-state index contributed by atoms with van der Waals surface area (Å²) in [6, 6.07) is 0.528. The van der Waals surface area contributed by atoms with Crippen molar-refractivity contribution in [1.82, 2.24) is 14.9 Å². The van der Waals surface area contributed by atoms with Crippen LogP contribution in [0.4, 0.5) is 0 Å². The van der Waals surface area contributed by atoms with E-state index < -0.39 is 0 Å². The third-order valence-corrected chi connectivity index (χ3v) is 2.88. The molecule has 2 rings (SSSR count). The Morgan fingerprint density at radius 1 is 1.47 bits per heavy atom. The minimum absolute atomic E-state index is 0.528. The molecule has 1 aromatic heterocycles. The van der Waals surface area contributed by atoms with Gasteiger partial charge in [-0.05, 0) is 26.4 Å². The molecule has 0 N–H and O–H groups in total. The molecular formula is C11H17N3O. The highest BCUT2D eigenvalue weighted by Gasteiger charge is 2.19. The van der Waals surface area contributed by atoms with Crippen molar-refractivity contribution < 1.29 is 4.74 Å². The monoisotopic (exact) mass is 207 g/mol. The summed E-state index contributed by atoms with van der Waals surface area (Å²) in [6.07, 6.45) is 8.79. The fraction of sp³-hybridized carbons (Fsp3) is 0.636. The number of aromatic nitrogens is 2. The Balaban J connectivity index is 1.82. The quantitative estimate of drug-likeness (QED) is 0.749. The minimum Gasteiger partial charge on any atom is -0.475 e. The molecule has 4 nitrogen and oxygen atoms in total. The topological polar surface area (TPSA) is 38.2 Å². The SMILES string of the molecule is CN1CCCCC1COc1cnccn1. The Kier molecular flexibility index (Phi) is 3.50. The van der Waals surface area contributed by atoms with Gasteiger partial charge in [0.15, 0.2) is 0 Å². The lowest BCUT2D eigenvalue weighted by molar-refractivity contribution is 0.122. The van der Waals surface area contributed by atoms with Crippen LogP contribution in [0.25, 0.3) is 0 Å². The van der Waals surface area contributed by atoms with Crippen molar-refractivity contribution in [1.29, 1.82) is 0 Å². The van der Waals surface area contributed by atoms with Crippen LogP contribution in [0.15, 0.2) is 18.6 Å². The molecule has 0 aromatic carbocycles. The van der Waals surface area contributed by atoms with Gasteiger partial charge in [0.2, 0.25) is 5.88 Å². The Morgan fingerprint density at radius 2 is 2.40 bits per heavy atom. The van der Waals surface area contributed by atoms with Crippen LogP contribution in [-0.2, 0) is 0 Å². The molecule has 1 fully saturated rings. The Morgan fingerprint density at radius 3 is 3.13 bits per heavy atom. The molecule has 0 spiro atoms. The van der Waals surface area contributed by atoms with Gasteiger partial charge in [0.05, 0.1) is 6.20 Å². The van der Waals surface area contributed by atoms with Gasteiger partial charge in [-0.2, -0.15) is 0 Å². The van der Waals surface area contributed by atoms with Crippen molar-refractivity contribution in [2.75, 3.05) is 20.2 Å². The standard InChI is InChI=1S/C11H17N3O/c1-14-7-3-2-4-10(14)9-15-11-8-12-5-6-13-11/h5-6,8,10H,2-4,7,9H2,1H3. The van der Waals surface area contributed by atoms with Crippen LogP contribution < -0.4 is 4.74 Å². The summed E-state index contributed by atoms with van der Waals surface area (Å²) in [4.78, 5) is 10.4. The Bertz CT molecular complexity index is 291. The lowest BCUT2D eigenvalue weighted by Gasteiger charge is -2.31. The molecule has 4 heteroatoms. The van der Waals surface area contributed by atoms with Crippen LogP contribution in [0.2, 0.25) is 0 Å². The highest BCUT2D eigenvalue weighted by Crippen LogP contribution is 2.15. The maximum absolute atomic E-state index is 5.60. The zero-order valence-electron chi connectivity index (χ0n) is 9.09. The van der Waals surface area contributed by atoms with E-state index in [4.69, 9.17) is 4.74 Å². The first kappa shape index (κ1) is 10.4. The smallest absolute Gasteiger partial charge is 0.232 e. The molecule has 0 aliphatic carbocycles. The number of ether oxygens (including phenoxy) is 1. The van der Waals surface area contributed by atoms with E-state index in [0.29, 0.717) is 11.9 Å². The van der Waals surface area contributed by atoms with E-state index in [1.54, 1.807) is 18.6 Å². The fourth-order valence-corrected chi connectivity index (χ4v) is 1.90. The van der Waals surface area contributed by atoms with Gasteiger partial charge < -0.3 is 9.64 Å². The molecule has 1 unspecified atom stereocenters. The number of nitrogens with zero attached hydrogens (tertiary/aromatic N) is 3. The normalized spacial score (nSPS) is 22.6. The molecular weight excluding hydrogens is 190 g/mol. The van der Waals surface area contributed by atoms with Gasteiger partial charge in [-0.1, -0.05) is 6.42 Å². The van der Waals surface area contributed by atoms with Crippen LogP contribution >= 0.6 is 0 Å². The fourth-order valence-electron chi connectivity index (χ4n) is 1.90. The average molecular weight is 207 g/mol. The molecule has 0 radical (unpaired) electrons. The van der Waals surface area contributed by atoms with Crippen molar-refractivity contribution in [3.05, 3.63) is 18.6 Å². The zero-order valence-corrected chi connectivity index (χ0v) is 9.09. The van der Waals surface area contributed by atoms with Crippen molar-refractivity contribution in [3.8, 4) is 5.88 Å². The van der Waals surface area contributed by atoms with Crippen molar-refractivity contribution in [2.24, 2.45) is 0 Å². The third-order valence-electron chi connectivity index (χ3n) is 2.88. The van der Waals surface area contributed by atoms with Gasteiger partial charge in [0.1, 0.15) is 6.61 Å². The Labute approximate surface area is 90.3 Å². The summed E-state index contributed by atoms with van der Waals surface area (Å²) in [6.45, 7) is 1.89. The number of rotatable bonds is 3. The minimum atomic E-state index is 0.528. The number of likely N-dealkylation sites (tertiary alicyclic amines) is 1. The third kappa shape index (κ3) is 2.89. The van der Waals surface area contributed by atoms with E-state index in [-0.39, 0.29) is 0 Å². The molecule has 1 atom stereocenters. The zero-order chi connectivity index (χ0) is 10.5. The summed E-state index contributed by atoms with van der Waals surface area (Å²) in [7, 11) is 2.16. The van der Waals surface area contributed by atoms with Crippen LogP contribution in [0.3, 0.4) is 0 Å². The predicted molar refractivity (Wildman–Crippen MR) is 57.8 cm³/mol. The molecule has 0 saturated carbocycles. The van der Waals surface area contributed by atoms with Gasteiger partial charge in [0, 0.05) is 18.4 Å². The van der Waals surface area contributed by atoms with Gasteiger partial charge >= 0.3 is 0 Å². The summed E-state index contributed by atoms with van der Waals surface area (Å²) >= 11 is 0. The molecule has 1 saturated heterocycles. The first-order chi connectivity index (χ1) is 7.36. The van der Waals surface area contributed by atoms with E-state index >= 15 is 0 Å². The lowest BCUT2D eigenvalue weighted by Crippen LogP contribution is -2.40. The van der Waals surface area contributed by atoms with E-state index in [9.17, 15) is 0 Å². The first-order valence-corrected chi connectivity index (χ1v) is 5.45. The van der Waals surface area contributed by atoms with Gasteiger partial charge in [-0.3, -0.25) is 4.98 Å².